The summed E-state index contributed by atoms with van der Waals surface area (Å²) >= 11 is 0. The molecule has 2 saturated heterocycles. The van der Waals surface area contributed by atoms with Crippen LogP contribution in [0.5, 0.6) is 5.75 Å². The molecule has 0 spiro atoms. The van der Waals surface area contributed by atoms with Gasteiger partial charge in [-0.25, -0.2) is 0 Å². The fraction of sp³-hybridized carbons (Fsp3) is 0.667. The van der Waals surface area contributed by atoms with E-state index in [1.807, 2.05) is 25.1 Å². The quantitative estimate of drug-likeness (QED) is 0.748. The predicted molar refractivity (Wildman–Crippen MR) is 106 cm³/mol. The zero-order valence-corrected chi connectivity index (χ0v) is 16.1. The van der Waals surface area contributed by atoms with Crippen LogP contribution < -0.4 is 15.4 Å². The second-order valence-electron chi connectivity index (χ2n) is 7.66. The Morgan fingerprint density at radius 2 is 2.04 bits per heavy atom. The van der Waals surface area contributed by atoms with Crippen molar-refractivity contribution >= 4 is 11.6 Å². The summed E-state index contributed by atoms with van der Waals surface area (Å²) in [5.74, 6) is 1.72. The number of carbonyl (C=O) groups excluding carboxylic acids is 1. The van der Waals surface area contributed by atoms with Crippen LogP contribution in [-0.4, -0.2) is 50.1 Å². The summed E-state index contributed by atoms with van der Waals surface area (Å²) in [5, 5.41) is 6.40. The highest BCUT2D eigenvalue weighted by Crippen LogP contribution is 2.23. The largest absolute Gasteiger partial charge is 0.492 e. The minimum atomic E-state index is 0.116. The van der Waals surface area contributed by atoms with Crippen molar-refractivity contribution in [3.05, 3.63) is 23.8 Å². The van der Waals surface area contributed by atoms with Gasteiger partial charge in [-0.3, -0.25) is 9.69 Å². The molecule has 144 valence electrons. The summed E-state index contributed by atoms with van der Waals surface area (Å²) in [6.07, 6.45) is 6.60. The molecule has 2 aliphatic rings. The van der Waals surface area contributed by atoms with Gasteiger partial charge in [0.05, 0.1) is 0 Å². The highest BCUT2D eigenvalue weighted by Gasteiger charge is 2.15. The van der Waals surface area contributed by atoms with Crippen LogP contribution in [0.25, 0.3) is 0 Å². The SMILES string of the molecule is Cc1cc(NC(=O)CCC2CCNCC2)ccc1OCCN1CCCC1. The van der Waals surface area contributed by atoms with E-state index in [0.29, 0.717) is 12.3 Å². The number of piperidine rings is 1. The molecule has 5 nitrogen and oxygen atoms in total. The van der Waals surface area contributed by atoms with Crippen LogP contribution in [0.4, 0.5) is 5.69 Å². The highest BCUT2D eigenvalue weighted by molar-refractivity contribution is 5.90. The van der Waals surface area contributed by atoms with Gasteiger partial charge in [0.1, 0.15) is 12.4 Å². The molecule has 2 heterocycles. The number of benzene rings is 1. The number of nitrogens with one attached hydrogen (secondary N) is 2. The van der Waals surface area contributed by atoms with Crippen LogP contribution in [-0.2, 0) is 4.79 Å². The third-order valence-electron chi connectivity index (χ3n) is 5.56. The van der Waals surface area contributed by atoms with E-state index in [9.17, 15) is 4.79 Å². The highest BCUT2D eigenvalue weighted by atomic mass is 16.5. The maximum absolute atomic E-state index is 12.2. The van der Waals surface area contributed by atoms with E-state index in [1.54, 1.807) is 0 Å². The average molecular weight is 360 g/mol. The number of likely N-dealkylation sites (tertiary alicyclic amines) is 1. The summed E-state index contributed by atoms with van der Waals surface area (Å²) in [4.78, 5) is 14.7. The third kappa shape index (κ3) is 5.99. The monoisotopic (exact) mass is 359 g/mol. The van der Waals surface area contributed by atoms with Gasteiger partial charge in [-0.05, 0) is 94.9 Å². The molecule has 3 rings (SSSR count). The first-order chi connectivity index (χ1) is 12.7. The number of nitrogens with zero attached hydrogens (tertiary/aromatic N) is 1. The molecule has 26 heavy (non-hydrogen) atoms. The minimum Gasteiger partial charge on any atom is -0.492 e. The van der Waals surface area contributed by atoms with Gasteiger partial charge in [0.15, 0.2) is 0 Å². The molecule has 2 aliphatic heterocycles. The Bertz CT molecular complexity index is 579. The Morgan fingerprint density at radius 3 is 2.77 bits per heavy atom. The van der Waals surface area contributed by atoms with Crippen LogP contribution in [0.2, 0.25) is 0 Å². The van der Waals surface area contributed by atoms with E-state index in [-0.39, 0.29) is 5.91 Å². The van der Waals surface area contributed by atoms with Gasteiger partial charge in [-0.15, -0.1) is 0 Å². The van der Waals surface area contributed by atoms with E-state index in [2.05, 4.69) is 15.5 Å². The molecule has 5 heteroatoms. The lowest BCUT2D eigenvalue weighted by Crippen LogP contribution is -2.28. The second kappa shape index (κ2) is 9.93. The number of hydrogen-bond donors (Lipinski definition) is 2. The van der Waals surface area contributed by atoms with Gasteiger partial charge < -0.3 is 15.4 Å². The Hall–Kier alpha value is -1.59. The van der Waals surface area contributed by atoms with Crippen molar-refractivity contribution in [2.75, 3.05) is 44.6 Å². The van der Waals surface area contributed by atoms with Gasteiger partial charge in [-0.2, -0.15) is 0 Å². The van der Waals surface area contributed by atoms with Gasteiger partial charge in [-0.1, -0.05) is 0 Å². The van der Waals surface area contributed by atoms with Crippen molar-refractivity contribution in [1.82, 2.24) is 10.2 Å². The van der Waals surface area contributed by atoms with Crippen molar-refractivity contribution in [3.63, 3.8) is 0 Å². The van der Waals surface area contributed by atoms with E-state index >= 15 is 0 Å². The lowest BCUT2D eigenvalue weighted by molar-refractivity contribution is -0.116. The summed E-state index contributed by atoms with van der Waals surface area (Å²) in [5.41, 5.74) is 1.94. The van der Waals surface area contributed by atoms with Crippen molar-refractivity contribution < 1.29 is 9.53 Å². The lowest BCUT2D eigenvalue weighted by atomic mass is 9.93. The fourth-order valence-corrected chi connectivity index (χ4v) is 3.91. The molecular formula is C21H33N3O2. The first-order valence-electron chi connectivity index (χ1n) is 10.2. The van der Waals surface area contributed by atoms with E-state index < -0.39 is 0 Å². The van der Waals surface area contributed by atoms with Crippen LogP contribution in [0, 0.1) is 12.8 Å². The van der Waals surface area contributed by atoms with Crippen LogP contribution >= 0.6 is 0 Å². The average Bonchev–Trinajstić information content (AvgIpc) is 3.16. The zero-order chi connectivity index (χ0) is 18.2. The zero-order valence-electron chi connectivity index (χ0n) is 16.1. The minimum absolute atomic E-state index is 0.116. The fourth-order valence-electron chi connectivity index (χ4n) is 3.91. The maximum Gasteiger partial charge on any atom is 0.224 e. The van der Waals surface area contributed by atoms with Gasteiger partial charge in [0.25, 0.3) is 0 Å². The van der Waals surface area contributed by atoms with Crippen molar-refractivity contribution in [2.24, 2.45) is 5.92 Å². The Kier molecular flexibility index (Phi) is 7.32. The topological polar surface area (TPSA) is 53.6 Å². The van der Waals surface area contributed by atoms with Gasteiger partial charge in [0, 0.05) is 18.7 Å². The summed E-state index contributed by atoms with van der Waals surface area (Å²) in [6, 6.07) is 5.93. The molecule has 0 unspecified atom stereocenters. The number of aryl methyl sites for hydroxylation is 1. The van der Waals surface area contributed by atoms with Crippen molar-refractivity contribution in [3.8, 4) is 5.75 Å². The molecule has 2 N–H and O–H groups in total. The third-order valence-corrected chi connectivity index (χ3v) is 5.56. The number of hydrogen-bond acceptors (Lipinski definition) is 4. The summed E-state index contributed by atoms with van der Waals surface area (Å²) in [6.45, 7) is 8.33. The van der Waals surface area contributed by atoms with Crippen molar-refractivity contribution in [2.45, 2.75) is 45.4 Å². The normalized spacial score (nSPS) is 18.8. The molecular weight excluding hydrogens is 326 g/mol. The Morgan fingerprint density at radius 1 is 1.27 bits per heavy atom. The van der Waals surface area contributed by atoms with Crippen molar-refractivity contribution in [1.29, 1.82) is 0 Å². The predicted octanol–water partition coefficient (Wildman–Crippen LogP) is 3.19. The smallest absolute Gasteiger partial charge is 0.224 e. The Labute approximate surface area is 157 Å². The number of carbonyl (C=O) groups is 1. The molecule has 0 aromatic heterocycles. The Balaban J connectivity index is 1.40. The number of anilines is 1. The van der Waals surface area contributed by atoms with Crippen LogP contribution in [0.15, 0.2) is 18.2 Å². The summed E-state index contributed by atoms with van der Waals surface area (Å²) in [7, 11) is 0. The molecule has 0 atom stereocenters. The number of amides is 1. The molecule has 0 bridgehead atoms. The standard InChI is InChI=1S/C21H33N3O2/c1-17-16-19(23-21(25)7-4-18-8-10-22-11-9-18)5-6-20(17)26-15-14-24-12-2-3-13-24/h5-6,16,18,22H,2-4,7-15H2,1H3,(H,23,25). The van der Waals surface area contributed by atoms with E-state index in [0.717, 1.165) is 49.7 Å². The van der Waals surface area contributed by atoms with Gasteiger partial charge >= 0.3 is 0 Å². The lowest BCUT2D eigenvalue weighted by Gasteiger charge is -2.22. The first kappa shape index (κ1) is 19.2. The number of rotatable bonds is 8. The number of ether oxygens (including phenoxy) is 1. The van der Waals surface area contributed by atoms with Crippen LogP contribution in [0.1, 0.15) is 44.1 Å². The molecule has 2 fully saturated rings. The molecule has 1 aromatic rings. The summed E-state index contributed by atoms with van der Waals surface area (Å²) < 4.78 is 5.93. The maximum atomic E-state index is 12.2. The van der Waals surface area contributed by atoms with Crippen LogP contribution in [0.3, 0.4) is 0 Å². The molecule has 0 radical (unpaired) electrons. The second-order valence-corrected chi connectivity index (χ2v) is 7.66. The molecule has 1 amide bonds. The molecule has 0 saturated carbocycles. The molecule has 1 aromatic carbocycles. The first-order valence-corrected chi connectivity index (χ1v) is 10.2. The van der Waals surface area contributed by atoms with E-state index in [1.165, 1.54) is 38.8 Å². The van der Waals surface area contributed by atoms with Gasteiger partial charge in [0.2, 0.25) is 5.91 Å². The van der Waals surface area contributed by atoms with E-state index in [4.69, 9.17) is 4.74 Å². The molecule has 0 aliphatic carbocycles.